The number of amides is 1. The van der Waals surface area contributed by atoms with Gasteiger partial charge in [-0.05, 0) is 54.3 Å². The van der Waals surface area contributed by atoms with Crippen LogP contribution >= 0.6 is 0 Å². The van der Waals surface area contributed by atoms with E-state index in [0.717, 1.165) is 24.3 Å². The molecule has 4 heteroatoms. The first-order chi connectivity index (χ1) is 10.2. The van der Waals surface area contributed by atoms with E-state index in [1.54, 1.807) is 19.2 Å². The largest absolute Gasteiger partial charge is 0.497 e. The first kappa shape index (κ1) is 13.5. The average molecular weight is 282 g/mol. The minimum absolute atomic E-state index is 0.234. The molecule has 3 rings (SSSR count). The van der Waals surface area contributed by atoms with Crippen molar-refractivity contribution < 1.29 is 9.53 Å². The van der Waals surface area contributed by atoms with Gasteiger partial charge in [0.2, 0.25) is 5.91 Å². The number of carbonyl (C=O) groups is 1. The van der Waals surface area contributed by atoms with Crippen LogP contribution in [0.15, 0.2) is 42.5 Å². The van der Waals surface area contributed by atoms with Gasteiger partial charge < -0.3 is 15.8 Å². The molecule has 1 aliphatic rings. The summed E-state index contributed by atoms with van der Waals surface area (Å²) in [5, 5.41) is 3.48. The molecule has 0 saturated carbocycles. The van der Waals surface area contributed by atoms with Crippen LogP contribution in [0, 0.1) is 0 Å². The number of aryl methyl sites for hydroxylation is 1. The molecule has 4 nitrogen and oxygen atoms in total. The highest BCUT2D eigenvalue weighted by Gasteiger charge is 2.23. The summed E-state index contributed by atoms with van der Waals surface area (Å²) in [4.78, 5) is 11.3. The van der Waals surface area contributed by atoms with E-state index < -0.39 is 5.91 Å². The van der Waals surface area contributed by atoms with Crippen molar-refractivity contribution in [3.05, 3.63) is 59.2 Å². The Morgan fingerprint density at radius 1 is 1.29 bits per heavy atom. The van der Waals surface area contributed by atoms with Crippen molar-refractivity contribution in [1.29, 1.82) is 0 Å². The number of ether oxygens (including phenoxy) is 1. The van der Waals surface area contributed by atoms with Crippen LogP contribution in [0.4, 0.5) is 5.69 Å². The number of carbonyl (C=O) groups excluding carboxylic acids is 1. The fraction of sp³-hybridized carbons (Fsp3) is 0.235. The van der Waals surface area contributed by atoms with E-state index >= 15 is 0 Å². The Hall–Kier alpha value is -2.49. The van der Waals surface area contributed by atoms with Gasteiger partial charge in [-0.15, -0.1) is 0 Å². The molecule has 108 valence electrons. The number of methoxy groups -OCH3 is 1. The molecular weight excluding hydrogens is 264 g/mol. The van der Waals surface area contributed by atoms with Crippen LogP contribution < -0.4 is 15.8 Å². The van der Waals surface area contributed by atoms with Crippen LogP contribution in [0.5, 0.6) is 5.75 Å². The number of rotatable bonds is 4. The summed E-state index contributed by atoms with van der Waals surface area (Å²) in [5.41, 5.74) is 9.36. The summed E-state index contributed by atoms with van der Waals surface area (Å²) in [7, 11) is 1.68. The lowest BCUT2D eigenvalue weighted by Gasteiger charge is -2.16. The van der Waals surface area contributed by atoms with Crippen LogP contribution in [0.2, 0.25) is 0 Å². The number of benzene rings is 2. The second-order valence-corrected chi connectivity index (χ2v) is 5.25. The minimum atomic E-state index is -0.410. The maximum absolute atomic E-state index is 11.3. The minimum Gasteiger partial charge on any atom is -0.497 e. The molecule has 1 aliphatic carbocycles. The van der Waals surface area contributed by atoms with E-state index in [2.05, 4.69) is 17.4 Å². The van der Waals surface area contributed by atoms with Gasteiger partial charge >= 0.3 is 0 Å². The van der Waals surface area contributed by atoms with Crippen molar-refractivity contribution in [2.75, 3.05) is 12.4 Å². The Morgan fingerprint density at radius 2 is 2.14 bits per heavy atom. The molecule has 0 fully saturated rings. The standard InChI is InChI=1S/C17H18N2O2/c1-21-14-7-5-11-6-8-16(15(11)10-14)19-13-4-2-3-12(9-13)17(18)20/h2-5,7,9-10,16,19H,6,8H2,1H3,(H2,18,20). The zero-order valence-corrected chi connectivity index (χ0v) is 11.9. The van der Waals surface area contributed by atoms with E-state index in [1.807, 2.05) is 18.2 Å². The maximum atomic E-state index is 11.3. The molecule has 0 bridgehead atoms. The lowest BCUT2D eigenvalue weighted by atomic mass is 10.1. The molecule has 21 heavy (non-hydrogen) atoms. The highest BCUT2D eigenvalue weighted by atomic mass is 16.5. The molecule has 1 atom stereocenters. The van der Waals surface area contributed by atoms with Gasteiger partial charge in [-0.1, -0.05) is 12.1 Å². The third-order valence-electron chi connectivity index (χ3n) is 3.92. The Morgan fingerprint density at radius 3 is 2.90 bits per heavy atom. The van der Waals surface area contributed by atoms with Gasteiger partial charge in [0, 0.05) is 11.3 Å². The van der Waals surface area contributed by atoms with Gasteiger partial charge in [0.1, 0.15) is 5.75 Å². The second-order valence-electron chi connectivity index (χ2n) is 5.25. The summed E-state index contributed by atoms with van der Waals surface area (Å²) in [6.45, 7) is 0. The second kappa shape index (κ2) is 5.48. The smallest absolute Gasteiger partial charge is 0.248 e. The lowest BCUT2D eigenvalue weighted by Crippen LogP contribution is -2.12. The zero-order valence-electron chi connectivity index (χ0n) is 11.9. The molecule has 3 N–H and O–H groups in total. The van der Waals surface area contributed by atoms with Crippen LogP contribution in [0.1, 0.15) is 33.9 Å². The first-order valence-corrected chi connectivity index (χ1v) is 7.00. The summed E-state index contributed by atoms with van der Waals surface area (Å²) in [6.07, 6.45) is 2.08. The molecule has 0 spiro atoms. The van der Waals surface area contributed by atoms with Gasteiger partial charge in [-0.2, -0.15) is 0 Å². The monoisotopic (exact) mass is 282 g/mol. The normalized spacial score (nSPS) is 16.3. The maximum Gasteiger partial charge on any atom is 0.248 e. The molecule has 0 saturated heterocycles. The number of hydrogen-bond acceptors (Lipinski definition) is 3. The number of nitrogens with one attached hydrogen (secondary N) is 1. The zero-order chi connectivity index (χ0) is 14.8. The highest BCUT2D eigenvalue weighted by Crippen LogP contribution is 2.36. The number of fused-ring (bicyclic) bond motifs is 1. The average Bonchev–Trinajstić information content (AvgIpc) is 2.89. The third-order valence-corrected chi connectivity index (χ3v) is 3.92. The number of nitrogens with two attached hydrogens (primary N) is 1. The van der Waals surface area contributed by atoms with Gasteiger partial charge in [-0.25, -0.2) is 0 Å². The fourth-order valence-corrected chi connectivity index (χ4v) is 2.82. The summed E-state index contributed by atoms with van der Waals surface area (Å²) >= 11 is 0. The van der Waals surface area contributed by atoms with Gasteiger partial charge in [-0.3, -0.25) is 4.79 Å². The number of hydrogen-bond donors (Lipinski definition) is 2. The van der Waals surface area contributed by atoms with Crippen molar-refractivity contribution in [3.8, 4) is 5.75 Å². The molecule has 0 aromatic heterocycles. The van der Waals surface area contributed by atoms with Gasteiger partial charge in [0.05, 0.1) is 13.2 Å². The van der Waals surface area contributed by atoms with Gasteiger partial charge in [0.15, 0.2) is 0 Å². The summed E-state index contributed by atoms with van der Waals surface area (Å²) < 4.78 is 5.30. The quantitative estimate of drug-likeness (QED) is 0.906. The van der Waals surface area contributed by atoms with Crippen molar-refractivity contribution >= 4 is 11.6 Å². The predicted octanol–water partition coefficient (Wildman–Crippen LogP) is 2.89. The van der Waals surface area contributed by atoms with Crippen molar-refractivity contribution in [1.82, 2.24) is 0 Å². The summed E-state index contributed by atoms with van der Waals surface area (Å²) in [6, 6.07) is 13.7. The van der Waals surface area contributed by atoms with Crippen molar-refractivity contribution in [2.24, 2.45) is 5.73 Å². The Balaban J connectivity index is 1.85. The Bertz CT molecular complexity index is 682. The molecular formula is C17H18N2O2. The van der Waals surface area contributed by atoms with Crippen LogP contribution in [0.3, 0.4) is 0 Å². The molecule has 0 aliphatic heterocycles. The Labute approximate surface area is 123 Å². The number of anilines is 1. The first-order valence-electron chi connectivity index (χ1n) is 7.00. The van der Waals surface area contributed by atoms with E-state index in [1.165, 1.54) is 11.1 Å². The van der Waals surface area contributed by atoms with Gasteiger partial charge in [0.25, 0.3) is 0 Å². The predicted molar refractivity (Wildman–Crippen MR) is 82.6 cm³/mol. The molecule has 1 amide bonds. The van der Waals surface area contributed by atoms with Crippen molar-refractivity contribution in [3.63, 3.8) is 0 Å². The fourth-order valence-electron chi connectivity index (χ4n) is 2.82. The van der Waals surface area contributed by atoms with Crippen LogP contribution in [0.25, 0.3) is 0 Å². The van der Waals surface area contributed by atoms with E-state index in [4.69, 9.17) is 10.5 Å². The van der Waals surface area contributed by atoms with E-state index in [-0.39, 0.29) is 6.04 Å². The van der Waals surface area contributed by atoms with Crippen molar-refractivity contribution in [2.45, 2.75) is 18.9 Å². The highest BCUT2D eigenvalue weighted by molar-refractivity contribution is 5.93. The third kappa shape index (κ3) is 2.70. The Kier molecular flexibility index (Phi) is 3.52. The summed E-state index contributed by atoms with van der Waals surface area (Å²) in [5.74, 6) is 0.459. The van der Waals surface area contributed by atoms with Crippen LogP contribution in [-0.2, 0) is 6.42 Å². The number of primary amides is 1. The van der Waals surface area contributed by atoms with Crippen LogP contribution in [-0.4, -0.2) is 13.0 Å². The SMILES string of the molecule is COc1ccc2c(c1)C(Nc1cccc(C(N)=O)c1)CC2. The molecule has 0 heterocycles. The molecule has 1 unspecified atom stereocenters. The molecule has 2 aromatic carbocycles. The van der Waals surface area contributed by atoms with E-state index in [9.17, 15) is 4.79 Å². The van der Waals surface area contributed by atoms with E-state index in [0.29, 0.717) is 5.56 Å². The topological polar surface area (TPSA) is 64.3 Å². The molecule has 2 aromatic rings. The lowest BCUT2D eigenvalue weighted by molar-refractivity contribution is 0.100. The molecule has 0 radical (unpaired) electrons.